The fraction of sp³-hybridized carbons (Fsp3) is 1.00. The standard InChI is InChI=1S/C13H28N2/c1-5-15-8-6-7-13(15)10-14-12(4)9-11(2)3/h11-14H,5-10H2,1-4H3/t12-,13-/m1/s1. The fourth-order valence-corrected chi connectivity index (χ4v) is 2.67. The molecule has 1 aliphatic heterocycles. The zero-order chi connectivity index (χ0) is 11.3. The molecule has 0 saturated carbocycles. The van der Waals surface area contributed by atoms with Crippen LogP contribution >= 0.6 is 0 Å². The summed E-state index contributed by atoms with van der Waals surface area (Å²) in [6, 6.07) is 1.47. The van der Waals surface area contributed by atoms with E-state index in [1.165, 1.54) is 38.9 Å². The van der Waals surface area contributed by atoms with Crippen molar-refractivity contribution >= 4 is 0 Å². The summed E-state index contributed by atoms with van der Waals surface area (Å²) < 4.78 is 0. The van der Waals surface area contributed by atoms with E-state index >= 15 is 0 Å². The van der Waals surface area contributed by atoms with Gasteiger partial charge in [-0.3, -0.25) is 4.90 Å². The predicted molar refractivity (Wildman–Crippen MR) is 67.2 cm³/mol. The molecule has 0 unspecified atom stereocenters. The molecule has 0 aromatic rings. The van der Waals surface area contributed by atoms with Gasteiger partial charge in [-0.15, -0.1) is 0 Å². The normalized spacial score (nSPS) is 25.0. The smallest absolute Gasteiger partial charge is 0.0221 e. The van der Waals surface area contributed by atoms with E-state index in [-0.39, 0.29) is 0 Å². The zero-order valence-electron chi connectivity index (χ0n) is 10.9. The van der Waals surface area contributed by atoms with Crippen molar-refractivity contribution < 1.29 is 0 Å². The molecule has 1 aliphatic rings. The molecular formula is C13H28N2. The number of likely N-dealkylation sites (N-methyl/N-ethyl adjacent to an activating group) is 1. The number of rotatable bonds is 6. The van der Waals surface area contributed by atoms with Crippen molar-refractivity contribution in [2.24, 2.45) is 5.92 Å². The number of hydrogen-bond donors (Lipinski definition) is 1. The Morgan fingerprint density at radius 2 is 2.07 bits per heavy atom. The van der Waals surface area contributed by atoms with Crippen LogP contribution in [-0.4, -0.2) is 36.6 Å². The fourth-order valence-electron chi connectivity index (χ4n) is 2.67. The van der Waals surface area contributed by atoms with Gasteiger partial charge in [-0.2, -0.15) is 0 Å². The van der Waals surface area contributed by atoms with Crippen molar-refractivity contribution in [1.82, 2.24) is 10.2 Å². The molecule has 2 heteroatoms. The highest BCUT2D eigenvalue weighted by Crippen LogP contribution is 2.16. The van der Waals surface area contributed by atoms with E-state index in [2.05, 4.69) is 37.9 Å². The van der Waals surface area contributed by atoms with Crippen molar-refractivity contribution in [3.63, 3.8) is 0 Å². The summed E-state index contributed by atoms with van der Waals surface area (Å²) in [6.07, 6.45) is 4.06. The van der Waals surface area contributed by atoms with Crippen LogP contribution < -0.4 is 5.32 Å². The maximum absolute atomic E-state index is 3.68. The molecule has 1 fully saturated rings. The Morgan fingerprint density at radius 1 is 1.33 bits per heavy atom. The zero-order valence-corrected chi connectivity index (χ0v) is 10.9. The van der Waals surface area contributed by atoms with E-state index in [0.29, 0.717) is 6.04 Å². The summed E-state index contributed by atoms with van der Waals surface area (Å²) in [4.78, 5) is 2.61. The summed E-state index contributed by atoms with van der Waals surface area (Å²) in [5.74, 6) is 0.804. The Kier molecular flexibility index (Phi) is 5.62. The average molecular weight is 212 g/mol. The Bertz CT molecular complexity index is 168. The van der Waals surface area contributed by atoms with Gasteiger partial charge < -0.3 is 5.32 Å². The quantitative estimate of drug-likeness (QED) is 0.728. The maximum atomic E-state index is 3.68. The summed E-state index contributed by atoms with van der Waals surface area (Å²) in [5.41, 5.74) is 0. The van der Waals surface area contributed by atoms with Crippen LogP contribution in [0.15, 0.2) is 0 Å². The lowest BCUT2D eigenvalue weighted by atomic mass is 10.0. The molecule has 1 saturated heterocycles. The molecule has 0 amide bonds. The van der Waals surface area contributed by atoms with E-state index in [0.717, 1.165) is 12.0 Å². The summed E-state index contributed by atoms with van der Waals surface area (Å²) in [5, 5.41) is 3.68. The second kappa shape index (κ2) is 6.49. The van der Waals surface area contributed by atoms with Gasteiger partial charge in [-0.25, -0.2) is 0 Å². The van der Waals surface area contributed by atoms with Crippen LogP contribution in [0.3, 0.4) is 0 Å². The lowest BCUT2D eigenvalue weighted by molar-refractivity contribution is 0.251. The first-order valence-corrected chi connectivity index (χ1v) is 6.61. The Balaban J connectivity index is 2.18. The SMILES string of the molecule is CCN1CCC[C@@H]1CN[C@H](C)CC(C)C. The topological polar surface area (TPSA) is 15.3 Å². The van der Waals surface area contributed by atoms with Crippen LogP contribution in [0.5, 0.6) is 0 Å². The Labute approximate surface area is 95.4 Å². The van der Waals surface area contributed by atoms with Gasteiger partial charge in [0.25, 0.3) is 0 Å². The molecule has 0 aromatic heterocycles. The third-order valence-electron chi connectivity index (χ3n) is 3.43. The van der Waals surface area contributed by atoms with Crippen LogP contribution in [-0.2, 0) is 0 Å². The first kappa shape index (κ1) is 13.0. The van der Waals surface area contributed by atoms with Gasteiger partial charge in [-0.05, 0) is 45.2 Å². The minimum Gasteiger partial charge on any atom is -0.313 e. The summed E-state index contributed by atoms with van der Waals surface area (Å²) in [7, 11) is 0. The summed E-state index contributed by atoms with van der Waals surface area (Å²) in [6.45, 7) is 12.9. The van der Waals surface area contributed by atoms with Gasteiger partial charge in [0.05, 0.1) is 0 Å². The first-order valence-electron chi connectivity index (χ1n) is 6.61. The third-order valence-corrected chi connectivity index (χ3v) is 3.43. The Morgan fingerprint density at radius 3 is 2.67 bits per heavy atom. The van der Waals surface area contributed by atoms with Crippen LogP contribution in [0.2, 0.25) is 0 Å². The van der Waals surface area contributed by atoms with Crippen molar-refractivity contribution in [2.45, 2.75) is 59.0 Å². The van der Waals surface area contributed by atoms with Gasteiger partial charge in [0.15, 0.2) is 0 Å². The van der Waals surface area contributed by atoms with Gasteiger partial charge in [-0.1, -0.05) is 20.8 Å². The monoisotopic (exact) mass is 212 g/mol. The van der Waals surface area contributed by atoms with E-state index in [4.69, 9.17) is 0 Å². The predicted octanol–water partition coefficient (Wildman–Crippen LogP) is 2.49. The van der Waals surface area contributed by atoms with E-state index in [1.807, 2.05) is 0 Å². The molecule has 0 spiro atoms. The molecule has 2 atom stereocenters. The van der Waals surface area contributed by atoms with Gasteiger partial charge in [0, 0.05) is 18.6 Å². The number of hydrogen-bond acceptors (Lipinski definition) is 2. The molecule has 1 heterocycles. The van der Waals surface area contributed by atoms with Crippen LogP contribution in [0.1, 0.15) is 47.0 Å². The minimum atomic E-state index is 0.671. The largest absolute Gasteiger partial charge is 0.313 e. The number of nitrogens with zero attached hydrogens (tertiary/aromatic N) is 1. The van der Waals surface area contributed by atoms with Crippen LogP contribution in [0, 0.1) is 5.92 Å². The lowest BCUT2D eigenvalue weighted by Crippen LogP contribution is -2.41. The first-order chi connectivity index (χ1) is 7.13. The molecule has 1 rings (SSSR count). The van der Waals surface area contributed by atoms with Crippen molar-refractivity contribution in [2.75, 3.05) is 19.6 Å². The van der Waals surface area contributed by atoms with Crippen LogP contribution in [0.25, 0.3) is 0 Å². The number of nitrogens with one attached hydrogen (secondary N) is 1. The molecule has 0 aromatic carbocycles. The van der Waals surface area contributed by atoms with Gasteiger partial charge >= 0.3 is 0 Å². The third kappa shape index (κ3) is 4.52. The maximum Gasteiger partial charge on any atom is 0.0221 e. The molecule has 15 heavy (non-hydrogen) atoms. The number of likely N-dealkylation sites (tertiary alicyclic amines) is 1. The molecule has 0 radical (unpaired) electrons. The molecule has 1 N–H and O–H groups in total. The molecule has 2 nitrogen and oxygen atoms in total. The van der Waals surface area contributed by atoms with E-state index < -0.39 is 0 Å². The molecular weight excluding hydrogens is 184 g/mol. The summed E-state index contributed by atoms with van der Waals surface area (Å²) >= 11 is 0. The van der Waals surface area contributed by atoms with Crippen molar-refractivity contribution in [3.05, 3.63) is 0 Å². The second-order valence-corrected chi connectivity index (χ2v) is 5.36. The minimum absolute atomic E-state index is 0.671. The highest BCUT2D eigenvalue weighted by molar-refractivity contribution is 4.81. The lowest BCUT2D eigenvalue weighted by Gasteiger charge is -2.25. The van der Waals surface area contributed by atoms with E-state index in [9.17, 15) is 0 Å². The molecule has 0 bridgehead atoms. The Hall–Kier alpha value is -0.0800. The van der Waals surface area contributed by atoms with Crippen LogP contribution in [0.4, 0.5) is 0 Å². The van der Waals surface area contributed by atoms with E-state index in [1.54, 1.807) is 0 Å². The van der Waals surface area contributed by atoms with Crippen molar-refractivity contribution in [1.29, 1.82) is 0 Å². The van der Waals surface area contributed by atoms with Gasteiger partial charge in [0.2, 0.25) is 0 Å². The second-order valence-electron chi connectivity index (χ2n) is 5.36. The highest BCUT2D eigenvalue weighted by Gasteiger charge is 2.22. The van der Waals surface area contributed by atoms with Crippen molar-refractivity contribution in [3.8, 4) is 0 Å². The highest BCUT2D eigenvalue weighted by atomic mass is 15.2. The molecule has 90 valence electrons. The van der Waals surface area contributed by atoms with Gasteiger partial charge in [0.1, 0.15) is 0 Å². The molecule has 0 aliphatic carbocycles. The average Bonchev–Trinajstić information content (AvgIpc) is 2.60.